The molecular formula is C21H16N2OS. The molecule has 122 valence electrons. The van der Waals surface area contributed by atoms with E-state index in [0.717, 1.165) is 22.2 Å². The van der Waals surface area contributed by atoms with E-state index in [4.69, 9.17) is 12.2 Å². The SMILES string of the molecule is Cc1ccc(N2C(=O)/C(=C/c3ccc4ccccc4c3)NC2=S)cc1. The molecule has 1 amide bonds. The van der Waals surface area contributed by atoms with E-state index in [1.54, 1.807) is 0 Å². The topological polar surface area (TPSA) is 32.3 Å². The lowest BCUT2D eigenvalue weighted by atomic mass is 10.1. The first-order chi connectivity index (χ1) is 12.1. The van der Waals surface area contributed by atoms with Gasteiger partial charge in [0.15, 0.2) is 5.11 Å². The monoisotopic (exact) mass is 344 g/mol. The number of rotatable bonds is 2. The van der Waals surface area contributed by atoms with Crippen LogP contribution in [0.4, 0.5) is 5.69 Å². The van der Waals surface area contributed by atoms with Crippen molar-refractivity contribution in [3.05, 3.63) is 83.6 Å². The van der Waals surface area contributed by atoms with Crippen molar-refractivity contribution >= 4 is 45.8 Å². The summed E-state index contributed by atoms with van der Waals surface area (Å²) in [4.78, 5) is 14.3. The number of benzene rings is 3. The van der Waals surface area contributed by atoms with Crippen LogP contribution in [0.15, 0.2) is 72.4 Å². The van der Waals surface area contributed by atoms with Gasteiger partial charge in [-0.05, 0) is 59.8 Å². The van der Waals surface area contributed by atoms with E-state index in [1.807, 2.05) is 55.5 Å². The number of aryl methyl sites for hydroxylation is 1. The molecule has 1 saturated heterocycles. The summed E-state index contributed by atoms with van der Waals surface area (Å²) in [6.07, 6.45) is 1.84. The molecule has 0 unspecified atom stereocenters. The summed E-state index contributed by atoms with van der Waals surface area (Å²) in [5.74, 6) is -0.137. The number of carbonyl (C=O) groups is 1. The molecule has 0 bridgehead atoms. The fourth-order valence-electron chi connectivity index (χ4n) is 2.93. The maximum absolute atomic E-state index is 12.8. The summed E-state index contributed by atoms with van der Waals surface area (Å²) in [6.45, 7) is 2.01. The zero-order valence-electron chi connectivity index (χ0n) is 13.7. The van der Waals surface area contributed by atoms with Gasteiger partial charge < -0.3 is 5.32 Å². The second-order valence-electron chi connectivity index (χ2n) is 6.07. The Balaban J connectivity index is 1.68. The van der Waals surface area contributed by atoms with E-state index < -0.39 is 0 Å². The van der Waals surface area contributed by atoms with Gasteiger partial charge in [0.25, 0.3) is 5.91 Å². The van der Waals surface area contributed by atoms with Crippen molar-refractivity contribution in [1.29, 1.82) is 0 Å². The summed E-state index contributed by atoms with van der Waals surface area (Å²) in [6, 6.07) is 22.0. The van der Waals surface area contributed by atoms with Gasteiger partial charge in [-0.1, -0.05) is 54.1 Å². The maximum Gasteiger partial charge on any atom is 0.281 e. The van der Waals surface area contributed by atoms with Crippen LogP contribution in [0.3, 0.4) is 0 Å². The highest BCUT2D eigenvalue weighted by Crippen LogP contribution is 2.24. The molecule has 4 heteroatoms. The average Bonchev–Trinajstić information content (AvgIpc) is 2.89. The third-order valence-corrected chi connectivity index (χ3v) is 4.54. The molecule has 4 rings (SSSR count). The smallest absolute Gasteiger partial charge is 0.281 e. The Bertz CT molecular complexity index is 1020. The van der Waals surface area contributed by atoms with Crippen molar-refractivity contribution in [2.75, 3.05) is 4.90 Å². The second kappa shape index (κ2) is 6.15. The third kappa shape index (κ3) is 2.92. The summed E-state index contributed by atoms with van der Waals surface area (Å²) in [5.41, 5.74) is 3.36. The second-order valence-corrected chi connectivity index (χ2v) is 6.46. The van der Waals surface area contributed by atoms with Gasteiger partial charge in [0.05, 0.1) is 5.69 Å². The van der Waals surface area contributed by atoms with Crippen molar-refractivity contribution in [3.63, 3.8) is 0 Å². The van der Waals surface area contributed by atoms with E-state index in [2.05, 4.69) is 29.6 Å². The van der Waals surface area contributed by atoms with Crippen molar-refractivity contribution in [2.24, 2.45) is 0 Å². The number of nitrogens with zero attached hydrogens (tertiary/aromatic N) is 1. The van der Waals surface area contributed by atoms with Crippen molar-refractivity contribution < 1.29 is 4.79 Å². The Hall–Kier alpha value is -2.98. The number of anilines is 1. The highest BCUT2D eigenvalue weighted by molar-refractivity contribution is 7.80. The van der Waals surface area contributed by atoms with Gasteiger partial charge in [-0.15, -0.1) is 0 Å². The third-order valence-electron chi connectivity index (χ3n) is 4.25. The van der Waals surface area contributed by atoms with Crippen molar-refractivity contribution in [2.45, 2.75) is 6.92 Å². The molecule has 0 atom stereocenters. The van der Waals surface area contributed by atoms with E-state index in [0.29, 0.717) is 10.8 Å². The quantitative estimate of drug-likeness (QED) is 0.552. The lowest BCUT2D eigenvalue weighted by Gasteiger charge is -2.13. The number of carbonyl (C=O) groups excluding carboxylic acids is 1. The van der Waals surface area contributed by atoms with Gasteiger partial charge in [-0.25, -0.2) is 0 Å². The molecule has 0 spiro atoms. The summed E-state index contributed by atoms with van der Waals surface area (Å²) >= 11 is 5.36. The molecule has 0 aliphatic carbocycles. The fraction of sp³-hybridized carbons (Fsp3) is 0.0476. The molecule has 0 radical (unpaired) electrons. The van der Waals surface area contributed by atoms with Crippen LogP contribution in [-0.4, -0.2) is 11.0 Å². The minimum Gasteiger partial charge on any atom is -0.327 e. The van der Waals surface area contributed by atoms with E-state index >= 15 is 0 Å². The van der Waals surface area contributed by atoms with Gasteiger partial charge >= 0.3 is 0 Å². The van der Waals surface area contributed by atoms with Crippen LogP contribution in [-0.2, 0) is 4.79 Å². The molecule has 1 aliphatic heterocycles. The first-order valence-electron chi connectivity index (χ1n) is 8.04. The summed E-state index contributed by atoms with van der Waals surface area (Å²) in [5, 5.41) is 5.75. The zero-order valence-corrected chi connectivity index (χ0v) is 14.5. The number of fused-ring (bicyclic) bond motifs is 1. The Morgan fingerprint density at radius 2 is 1.68 bits per heavy atom. The Morgan fingerprint density at radius 1 is 0.960 bits per heavy atom. The van der Waals surface area contributed by atoms with Crippen LogP contribution in [0.1, 0.15) is 11.1 Å². The molecule has 1 heterocycles. The minimum absolute atomic E-state index is 0.137. The molecule has 1 N–H and O–H groups in total. The largest absolute Gasteiger partial charge is 0.327 e. The molecule has 3 aromatic carbocycles. The molecule has 1 fully saturated rings. The number of hydrogen-bond acceptors (Lipinski definition) is 2. The minimum atomic E-state index is -0.137. The Kier molecular flexibility index (Phi) is 3.82. The van der Waals surface area contributed by atoms with Gasteiger partial charge in [0.1, 0.15) is 5.70 Å². The van der Waals surface area contributed by atoms with E-state index in [1.165, 1.54) is 10.3 Å². The molecule has 1 aliphatic rings. The van der Waals surface area contributed by atoms with Crippen LogP contribution in [0.25, 0.3) is 16.8 Å². The van der Waals surface area contributed by atoms with Crippen LogP contribution in [0.5, 0.6) is 0 Å². The summed E-state index contributed by atoms with van der Waals surface area (Å²) < 4.78 is 0. The van der Waals surface area contributed by atoms with Crippen LogP contribution < -0.4 is 10.2 Å². The Labute approximate surface area is 151 Å². The molecular weight excluding hydrogens is 328 g/mol. The first kappa shape index (κ1) is 15.5. The normalized spacial score (nSPS) is 15.9. The number of amides is 1. The highest BCUT2D eigenvalue weighted by atomic mass is 32.1. The van der Waals surface area contributed by atoms with Gasteiger partial charge in [-0.3, -0.25) is 9.69 Å². The van der Waals surface area contributed by atoms with E-state index in [9.17, 15) is 4.79 Å². The number of hydrogen-bond donors (Lipinski definition) is 1. The average molecular weight is 344 g/mol. The van der Waals surface area contributed by atoms with E-state index in [-0.39, 0.29) is 5.91 Å². The van der Waals surface area contributed by atoms with Crippen LogP contribution in [0.2, 0.25) is 0 Å². The molecule has 0 saturated carbocycles. The predicted octanol–water partition coefficient (Wildman–Crippen LogP) is 4.41. The van der Waals surface area contributed by atoms with Gasteiger partial charge in [0.2, 0.25) is 0 Å². The van der Waals surface area contributed by atoms with Gasteiger partial charge in [0, 0.05) is 0 Å². The van der Waals surface area contributed by atoms with Crippen molar-refractivity contribution in [1.82, 2.24) is 5.32 Å². The fourth-order valence-corrected chi connectivity index (χ4v) is 3.23. The van der Waals surface area contributed by atoms with Gasteiger partial charge in [-0.2, -0.15) is 0 Å². The predicted molar refractivity (Wildman–Crippen MR) is 106 cm³/mol. The van der Waals surface area contributed by atoms with Crippen LogP contribution in [0, 0.1) is 6.92 Å². The number of nitrogens with one attached hydrogen (secondary N) is 1. The molecule has 25 heavy (non-hydrogen) atoms. The molecule has 0 aromatic heterocycles. The lowest BCUT2D eigenvalue weighted by molar-refractivity contribution is -0.113. The van der Waals surface area contributed by atoms with Crippen LogP contribution >= 0.6 is 12.2 Å². The lowest BCUT2D eigenvalue weighted by Crippen LogP contribution is -2.30. The highest BCUT2D eigenvalue weighted by Gasteiger charge is 2.31. The Morgan fingerprint density at radius 3 is 2.44 bits per heavy atom. The molecule has 3 nitrogen and oxygen atoms in total. The number of thiocarbonyl (C=S) groups is 1. The van der Waals surface area contributed by atoms with Crippen molar-refractivity contribution in [3.8, 4) is 0 Å². The summed E-state index contributed by atoms with van der Waals surface area (Å²) in [7, 11) is 0. The maximum atomic E-state index is 12.8. The standard InChI is InChI=1S/C21H16N2OS/c1-14-6-10-18(11-7-14)23-20(24)19(22-21(23)25)13-15-8-9-16-4-2-3-5-17(16)12-15/h2-13H,1H3,(H,22,25)/b19-13-. The first-order valence-corrected chi connectivity index (χ1v) is 8.45. The molecule has 3 aromatic rings. The zero-order chi connectivity index (χ0) is 17.4.